The Morgan fingerprint density at radius 2 is 2.11 bits per heavy atom. The summed E-state index contributed by atoms with van der Waals surface area (Å²) in [5, 5.41) is 12.2. The van der Waals surface area contributed by atoms with Crippen LogP contribution in [0.25, 0.3) is 0 Å². The highest BCUT2D eigenvalue weighted by molar-refractivity contribution is 6.36. The van der Waals surface area contributed by atoms with Crippen LogP contribution in [0.1, 0.15) is 0 Å². The third kappa shape index (κ3) is 3.95. The second-order valence-electron chi connectivity index (χ2n) is 3.70. The minimum atomic E-state index is -0.518. The summed E-state index contributed by atoms with van der Waals surface area (Å²) in [7, 11) is 3.44. The van der Waals surface area contributed by atoms with Crippen molar-refractivity contribution in [1.82, 2.24) is 4.90 Å². The first-order valence-corrected chi connectivity index (χ1v) is 5.74. The smallest absolute Gasteiger partial charge is 0.267 e. The summed E-state index contributed by atoms with van der Waals surface area (Å²) in [6, 6.07) is 6.52. The van der Waals surface area contributed by atoms with E-state index in [1.807, 2.05) is 6.07 Å². The Kier molecular flexibility index (Phi) is 5.02. The van der Waals surface area contributed by atoms with Gasteiger partial charge in [-0.2, -0.15) is 5.26 Å². The van der Waals surface area contributed by atoms with Gasteiger partial charge in [-0.25, -0.2) is 0 Å². The number of amides is 1. The molecule has 4 nitrogen and oxygen atoms in total. The fourth-order valence-corrected chi connectivity index (χ4v) is 1.63. The molecule has 0 aliphatic carbocycles. The first kappa shape index (κ1) is 14.4. The van der Waals surface area contributed by atoms with Gasteiger partial charge in [0.15, 0.2) is 0 Å². The number of carbonyl (C=O) groups is 1. The quantitative estimate of drug-likeness (QED) is 0.686. The molecule has 1 N–H and O–H groups in total. The highest BCUT2D eigenvalue weighted by Gasteiger charge is 2.11. The van der Waals surface area contributed by atoms with E-state index in [-0.39, 0.29) is 5.57 Å². The maximum Gasteiger partial charge on any atom is 0.267 e. The molecule has 6 heteroatoms. The summed E-state index contributed by atoms with van der Waals surface area (Å²) >= 11 is 11.7. The highest BCUT2D eigenvalue weighted by Crippen LogP contribution is 2.25. The van der Waals surface area contributed by atoms with E-state index in [0.717, 1.165) is 0 Å². The second kappa shape index (κ2) is 6.29. The number of carbonyl (C=O) groups excluding carboxylic acids is 1. The normalized spacial score (nSPS) is 10.7. The molecular formula is C12H11Cl2N3O. The molecule has 0 fully saturated rings. The molecule has 1 amide bonds. The lowest BCUT2D eigenvalue weighted by Gasteiger charge is -2.09. The van der Waals surface area contributed by atoms with Crippen LogP contribution in [0.5, 0.6) is 0 Å². The molecule has 0 saturated heterocycles. The molecular weight excluding hydrogens is 273 g/mol. The average Bonchev–Trinajstić information content (AvgIpc) is 2.29. The first-order valence-electron chi connectivity index (χ1n) is 4.99. The lowest BCUT2D eigenvalue weighted by Crippen LogP contribution is -2.16. The van der Waals surface area contributed by atoms with Gasteiger partial charge in [0.05, 0.1) is 10.7 Å². The lowest BCUT2D eigenvalue weighted by atomic mass is 10.2. The minimum absolute atomic E-state index is 0.00832. The zero-order valence-corrected chi connectivity index (χ0v) is 11.4. The van der Waals surface area contributed by atoms with Crippen LogP contribution in [0.4, 0.5) is 5.69 Å². The summed E-state index contributed by atoms with van der Waals surface area (Å²) in [6.07, 6.45) is 1.43. The van der Waals surface area contributed by atoms with Gasteiger partial charge in [0, 0.05) is 25.3 Å². The number of halogens is 2. The summed E-state index contributed by atoms with van der Waals surface area (Å²) in [5.41, 5.74) is 0.400. The molecule has 0 atom stereocenters. The van der Waals surface area contributed by atoms with Crippen molar-refractivity contribution in [3.05, 3.63) is 40.0 Å². The Hall–Kier alpha value is -1.70. The monoisotopic (exact) mass is 283 g/mol. The van der Waals surface area contributed by atoms with Crippen LogP contribution >= 0.6 is 23.2 Å². The van der Waals surface area contributed by atoms with Crippen molar-refractivity contribution in [2.24, 2.45) is 0 Å². The van der Waals surface area contributed by atoms with E-state index in [0.29, 0.717) is 15.7 Å². The number of benzene rings is 1. The van der Waals surface area contributed by atoms with Crippen molar-refractivity contribution in [2.45, 2.75) is 0 Å². The molecule has 94 valence electrons. The van der Waals surface area contributed by atoms with Gasteiger partial charge in [0.25, 0.3) is 5.91 Å². The lowest BCUT2D eigenvalue weighted by molar-refractivity contribution is -0.112. The van der Waals surface area contributed by atoms with Gasteiger partial charge in [0.1, 0.15) is 11.6 Å². The van der Waals surface area contributed by atoms with Crippen LogP contribution in [0.3, 0.4) is 0 Å². The molecule has 0 aliphatic heterocycles. The van der Waals surface area contributed by atoms with Gasteiger partial charge in [-0.3, -0.25) is 4.79 Å². The standard InChI is InChI=1S/C12H11Cl2N3O/c1-17(2)7-8(6-15)12(18)16-11-4-3-9(13)5-10(11)14/h3-5,7H,1-2H3,(H,16,18). The van der Waals surface area contributed by atoms with Gasteiger partial charge in [-0.05, 0) is 18.2 Å². The van der Waals surface area contributed by atoms with Crippen molar-refractivity contribution in [3.63, 3.8) is 0 Å². The molecule has 0 heterocycles. The third-order valence-electron chi connectivity index (χ3n) is 1.93. The summed E-state index contributed by atoms with van der Waals surface area (Å²) in [5.74, 6) is -0.518. The number of anilines is 1. The average molecular weight is 284 g/mol. The van der Waals surface area contributed by atoms with Gasteiger partial charge in [-0.1, -0.05) is 23.2 Å². The zero-order valence-electron chi connectivity index (χ0n) is 9.87. The Morgan fingerprint density at radius 3 is 2.61 bits per heavy atom. The Morgan fingerprint density at radius 1 is 1.44 bits per heavy atom. The van der Waals surface area contributed by atoms with Crippen LogP contribution in [0.15, 0.2) is 30.0 Å². The molecule has 1 rings (SSSR count). The number of nitrogens with zero attached hydrogens (tertiary/aromatic N) is 2. The van der Waals surface area contributed by atoms with Crippen LogP contribution in [0, 0.1) is 11.3 Å². The van der Waals surface area contributed by atoms with E-state index < -0.39 is 5.91 Å². The van der Waals surface area contributed by atoms with Gasteiger partial charge in [-0.15, -0.1) is 0 Å². The number of nitrogens with one attached hydrogen (secondary N) is 1. The van der Waals surface area contributed by atoms with Crippen molar-refractivity contribution in [3.8, 4) is 6.07 Å². The molecule has 0 unspecified atom stereocenters. The summed E-state index contributed by atoms with van der Waals surface area (Å²) < 4.78 is 0. The molecule has 1 aromatic rings. The van der Waals surface area contributed by atoms with Crippen LogP contribution < -0.4 is 5.32 Å². The van der Waals surface area contributed by atoms with Crippen molar-refractivity contribution < 1.29 is 4.79 Å². The molecule has 0 radical (unpaired) electrons. The third-order valence-corrected chi connectivity index (χ3v) is 2.48. The Balaban J connectivity index is 2.91. The SMILES string of the molecule is CN(C)C=C(C#N)C(=O)Nc1ccc(Cl)cc1Cl. The Bertz CT molecular complexity index is 533. The van der Waals surface area contributed by atoms with E-state index in [9.17, 15) is 4.79 Å². The van der Waals surface area contributed by atoms with Crippen molar-refractivity contribution in [1.29, 1.82) is 5.26 Å². The minimum Gasteiger partial charge on any atom is -0.382 e. The van der Waals surface area contributed by atoms with Crippen molar-refractivity contribution >= 4 is 34.8 Å². The fourth-order valence-electron chi connectivity index (χ4n) is 1.18. The molecule has 0 bridgehead atoms. The van der Waals surface area contributed by atoms with E-state index in [1.54, 1.807) is 31.1 Å². The van der Waals surface area contributed by atoms with Gasteiger partial charge >= 0.3 is 0 Å². The number of rotatable bonds is 3. The molecule has 0 spiro atoms. The van der Waals surface area contributed by atoms with Crippen LogP contribution in [-0.4, -0.2) is 24.9 Å². The molecule has 1 aromatic carbocycles. The van der Waals surface area contributed by atoms with E-state index in [2.05, 4.69) is 5.32 Å². The van der Waals surface area contributed by atoms with Gasteiger partial charge in [0.2, 0.25) is 0 Å². The van der Waals surface area contributed by atoms with Gasteiger partial charge < -0.3 is 10.2 Å². The zero-order chi connectivity index (χ0) is 13.7. The van der Waals surface area contributed by atoms with Crippen LogP contribution in [0.2, 0.25) is 10.0 Å². The van der Waals surface area contributed by atoms with E-state index in [1.165, 1.54) is 12.3 Å². The molecule has 0 aromatic heterocycles. The largest absolute Gasteiger partial charge is 0.382 e. The maximum atomic E-state index is 11.8. The molecule has 0 saturated carbocycles. The van der Waals surface area contributed by atoms with Crippen LogP contribution in [-0.2, 0) is 4.79 Å². The second-order valence-corrected chi connectivity index (χ2v) is 4.54. The van der Waals surface area contributed by atoms with E-state index in [4.69, 9.17) is 28.5 Å². The summed E-state index contributed by atoms with van der Waals surface area (Å²) in [4.78, 5) is 13.4. The molecule has 18 heavy (non-hydrogen) atoms. The predicted molar refractivity (Wildman–Crippen MR) is 72.5 cm³/mol. The number of hydrogen-bond acceptors (Lipinski definition) is 3. The molecule has 0 aliphatic rings. The number of nitriles is 1. The predicted octanol–water partition coefficient (Wildman–Crippen LogP) is 2.90. The Labute approximate surface area is 115 Å². The highest BCUT2D eigenvalue weighted by atomic mass is 35.5. The van der Waals surface area contributed by atoms with Crippen molar-refractivity contribution in [2.75, 3.05) is 19.4 Å². The topological polar surface area (TPSA) is 56.1 Å². The summed E-state index contributed by atoms with van der Waals surface area (Å²) in [6.45, 7) is 0. The maximum absolute atomic E-state index is 11.8. The number of hydrogen-bond donors (Lipinski definition) is 1. The first-order chi connectivity index (χ1) is 8.43. The van der Waals surface area contributed by atoms with E-state index >= 15 is 0 Å². The fraction of sp³-hybridized carbons (Fsp3) is 0.167.